The Morgan fingerprint density at radius 3 is 2.33 bits per heavy atom. The Kier molecular flexibility index (Phi) is 4.86. The Morgan fingerprint density at radius 2 is 1.71 bits per heavy atom. The molecule has 2 aromatic carbocycles. The third-order valence-electron chi connectivity index (χ3n) is 4.73. The maximum atomic E-state index is 11.9. The number of nitrogens with zero attached hydrogens (tertiary/aromatic N) is 2. The standard InChI is InChI=1S/C20H24N2O2/c1-15-6-5-8-17(14-15)19(20(23)24)22-12-10-21(11-13-22)18-9-4-3-7-16(18)2/h3-9,14,19H,10-13H2,1-2H3,(H,23,24). The average Bonchev–Trinajstić information content (AvgIpc) is 2.56. The lowest BCUT2D eigenvalue weighted by atomic mass is 10.0. The summed E-state index contributed by atoms with van der Waals surface area (Å²) in [6, 6.07) is 15.6. The van der Waals surface area contributed by atoms with Crippen molar-refractivity contribution in [3.63, 3.8) is 0 Å². The molecule has 3 rings (SSSR count). The number of benzene rings is 2. The van der Waals surface area contributed by atoms with Crippen molar-refractivity contribution in [1.82, 2.24) is 4.90 Å². The average molecular weight is 324 g/mol. The molecule has 1 N–H and O–H groups in total. The van der Waals surface area contributed by atoms with Gasteiger partial charge in [-0.15, -0.1) is 0 Å². The summed E-state index contributed by atoms with van der Waals surface area (Å²) < 4.78 is 0. The topological polar surface area (TPSA) is 43.8 Å². The number of carboxylic acids is 1. The van der Waals surface area contributed by atoms with Crippen molar-refractivity contribution in [2.24, 2.45) is 0 Å². The summed E-state index contributed by atoms with van der Waals surface area (Å²) in [5.41, 5.74) is 4.48. The van der Waals surface area contributed by atoms with E-state index < -0.39 is 12.0 Å². The minimum atomic E-state index is -0.773. The largest absolute Gasteiger partial charge is 0.480 e. The number of para-hydroxylation sites is 1. The molecule has 0 radical (unpaired) electrons. The van der Waals surface area contributed by atoms with Crippen LogP contribution < -0.4 is 4.90 Å². The highest BCUT2D eigenvalue weighted by molar-refractivity contribution is 5.75. The molecule has 4 nitrogen and oxygen atoms in total. The van der Waals surface area contributed by atoms with Crippen LogP contribution in [0.4, 0.5) is 5.69 Å². The highest BCUT2D eigenvalue weighted by Gasteiger charge is 2.30. The van der Waals surface area contributed by atoms with Crippen LogP contribution in [0.2, 0.25) is 0 Å². The zero-order chi connectivity index (χ0) is 17.1. The Bertz CT molecular complexity index is 721. The van der Waals surface area contributed by atoms with E-state index in [1.165, 1.54) is 11.3 Å². The lowest BCUT2D eigenvalue weighted by Crippen LogP contribution is -2.49. The van der Waals surface area contributed by atoms with Crippen LogP contribution in [0.3, 0.4) is 0 Å². The Morgan fingerprint density at radius 1 is 1.00 bits per heavy atom. The molecule has 2 aromatic rings. The third kappa shape index (κ3) is 3.44. The monoisotopic (exact) mass is 324 g/mol. The predicted molar refractivity (Wildman–Crippen MR) is 96.5 cm³/mol. The molecule has 4 heteroatoms. The van der Waals surface area contributed by atoms with Crippen molar-refractivity contribution in [1.29, 1.82) is 0 Å². The second-order valence-corrected chi connectivity index (χ2v) is 6.46. The van der Waals surface area contributed by atoms with Crippen LogP contribution >= 0.6 is 0 Å². The first-order valence-corrected chi connectivity index (χ1v) is 8.40. The van der Waals surface area contributed by atoms with E-state index in [0.29, 0.717) is 0 Å². The zero-order valence-electron chi connectivity index (χ0n) is 14.3. The third-order valence-corrected chi connectivity index (χ3v) is 4.73. The molecule has 0 amide bonds. The summed E-state index contributed by atoms with van der Waals surface area (Å²) in [7, 11) is 0. The first-order chi connectivity index (χ1) is 11.6. The molecule has 1 saturated heterocycles. The fourth-order valence-corrected chi connectivity index (χ4v) is 3.49. The van der Waals surface area contributed by atoms with Gasteiger partial charge in [-0.2, -0.15) is 0 Å². The minimum Gasteiger partial charge on any atom is -0.480 e. The number of piperazine rings is 1. The molecule has 1 aliphatic rings. The molecule has 0 aromatic heterocycles. The summed E-state index contributed by atoms with van der Waals surface area (Å²) >= 11 is 0. The van der Waals surface area contributed by atoms with Gasteiger partial charge in [0.05, 0.1) is 0 Å². The molecule has 1 atom stereocenters. The summed E-state index contributed by atoms with van der Waals surface area (Å²) in [5.74, 6) is -0.773. The number of carboxylic acid groups (broad SMARTS) is 1. The van der Waals surface area contributed by atoms with E-state index in [1.54, 1.807) is 0 Å². The smallest absolute Gasteiger partial charge is 0.325 e. The molecule has 1 unspecified atom stereocenters. The van der Waals surface area contributed by atoms with E-state index in [9.17, 15) is 9.90 Å². The maximum absolute atomic E-state index is 11.9. The zero-order valence-corrected chi connectivity index (χ0v) is 14.3. The Balaban J connectivity index is 1.74. The molecule has 0 bridgehead atoms. The van der Waals surface area contributed by atoms with Crippen LogP contribution in [-0.4, -0.2) is 42.2 Å². The number of aliphatic carboxylic acids is 1. The van der Waals surface area contributed by atoms with Crippen molar-refractivity contribution >= 4 is 11.7 Å². The molecule has 1 aliphatic heterocycles. The second-order valence-electron chi connectivity index (χ2n) is 6.46. The van der Waals surface area contributed by atoms with Crippen molar-refractivity contribution in [3.05, 3.63) is 65.2 Å². The molecule has 0 aliphatic carbocycles. The van der Waals surface area contributed by atoms with Gasteiger partial charge in [-0.3, -0.25) is 9.69 Å². The minimum absolute atomic E-state index is 0.566. The van der Waals surface area contributed by atoms with Crippen LogP contribution in [0.1, 0.15) is 22.7 Å². The molecule has 126 valence electrons. The molecular formula is C20H24N2O2. The number of rotatable bonds is 4. The number of anilines is 1. The van der Waals surface area contributed by atoms with E-state index >= 15 is 0 Å². The number of aryl methyl sites for hydroxylation is 2. The van der Waals surface area contributed by atoms with Gasteiger partial charge < -0.3 is 10.0 Å². The van der Waals surface area contributed by atoms with E-state index in [0.717, 1.165) is 37.3 Å². The van der Waals surface area contributed by atoms with Crippen LogP contribution in [0.5, 0.6) is 0 Å². The van der Waals surface area contributed by atoms with Gasteiger partial charge in [0.2, 0.25) is 0 Å². The number of hydrogen-bond donors (Lipinski definition) is 1. The van der Waals surface area contributed by atoms with Gasteiger partial charge in [-0.05, 0) is 31.0 Å². The van der Waals surface area contributed by atoms with Crippen LogP contribution in [-0.2, 0) is 4.79 Å². The fourth-order valence-electron chi connectivity index (χ4n) is 3.49. The molecule has 1 fully saturated rings. The van der Waals surface area contributed by atoms with Gasteiger partial charge >= 0.3 is 5.97 Å². The molecular weight excluding hydrogens is 300 g/mol. The quantitative estimate of drug-likeness (QED) is 0.937. The molecule has 1 heterocycles. The van der Waals surface area contributed by atoms with Gasteiger partial charge in [-0.25, -0.2) is 0 Å². The first kappa shape index (κ1) is 16.5. The molecule has 24 heavy (non-hydrogen) atoms. The van der Waals surface area contributed by atoms with Gasteiger partial charge in [0.25, 0.3) is 0 Å². The lowest BCUT2D eigenvalue weighted by molar-refractivity contribution is -0.143. The Labute approximate surface area is 143 Å². The van der Waals surface area contributed by atoms with Gasteiger partial charge in [0, 0.05) is 31.9 Å². The van der Waals surface area contributed by atoms with E-state index in [1.807, 2.05) is 37.3 Å². The van der Waals surface area contributed by atoms with Crippen LogP contribution in [0.15, 0.2) is 48.5 Å². The summed E-state index contributed by atoms with van der Waals surface area (Å²) in [4.78, 5) is 16.3. The number of carbonyl (C=O) groups is 1. The highest BCUT2D eigenvalue weighted by Crippen LogP contribution is 2.26. The van der Waals surface area contributed by atoms with Crippen LogP contribution in [0.25, 0.3) is 0 Å². The van der Waals surface area contributed by atoms with Crippen molar-refractivity contribution in [2.45, 2.75) is 19.9 Å². The lowest BCUT2D eigenvalue weighted by Gasteiger charge is -2.39. The fraction of sp³-hybridized carbons (Fsp3) is 0.350. The highest BCUT2D eigenvalue weighted by atomic mass is 16.4. The first-order valence-electron chi connectivity index (χ1n) is 8.40. The van der Waals surface area contributed by atoms with E-state index in [2.05, 4.69) is 34.9 Å². The van der Waals surface area contributed by atoms with E-state index in [4.69, 9.17) is 0 Å². The summed E-state index contributed by atoms with van der Waals surface area (Å²) in [5, 5.41) is 9.74. The second kappa shape index (κ2) is 7.05. The predicted octanol–water partition coefficient (Wildman–Crippen LogP) is 3.25. The summed E-state index contributed by atoms with van der Waals surface area (Å²) in [6.07, 6.45) is 0. The number of hydrogen-bond acceptors (Lipinski definition) is 3. The Hall–Kier alpha value is -2.33. The van der Waals surface area contributed by atoms with Gasteiger partial charge in [0.1, 0.15) is 6.04 Å². The van der Waals surface area contributed by atoms with Gasteiger partial charge in [0.15, 0.2) is 0 Å². The van der Waals surface area contributed by atoms with Crippen LogP contribution in [0, 0.1) is 13.8 Å². The van der Waals surface area contributed by atoms with Gasteiger partial charge in [-0.1, -0.05) is 48.0 Å². The SMILES string of the molecule is Cc1cccc(C(C(=O)O)N2CCN(c3ccccc3C)CC2)c1. The van der Waals surface area contributed by atoms with Crippen molar-refractivity contribution in [3.8, 4) is 0 Å². The molecule has 0 saturated carbocycles. The van der Waals surface area contributed by atoms with E-state index in [-0.39, 0.29) is 0 Å². The normalized spacial score (nSPS) is 16.8. The maximum Gasteiger partial charge on any atom is 0.325 e. The molecule has 0 spiro atoms. The summed E-state index contributed by atoms with van der Waals surface area (Å²) in [6.45, 7) is 7.31. The van der Waals surface area contributed by atoms with Crippen molar-refractivity contribution in [2.75, 3.05) is 31.1 Å². The van der Waals surface area contributed by atoms with Crippen molar-refractivity contribution < 1.29 is 9.90 Å².